The number of aromatic nitrogens is 1. The van der Waals surface area contributed by atoms with Gasteiger partial charge in [0.25, 0.3) is 0 Å². The lowest BCUT2D eigenvalue weighted by molar-refractivity contribution is 0.242. The quantitative estimate of drug-likeness (QED) is 0.395. The Bertz CT molecular complexity index is 862. The molecule has 5 nitrogen and oxygen atoms in total. The topological polar surface area (TPSA) is 58.5 Å². The maximum atomic E-state index is 5.71. The molecule has 0 amide bonds. The first kappa shape index (κ1) is 20.9. The highest BCUT2D eigenvalue weighted by molar-refractivity contribution is 7.09. The average Bonchev–Trinajstić information content (AvgIpc) is 3.23. The second-order valence-corrected chi connectivity index (χ2v) is 7.91. The molecule has 3 aromatic rings. The van der Waals surface area contributed by atoms with E-state index < -0.39 is 0 Å². The maximum Gasteiger partial charge on any atom is 0.195 e. The molecule has 0 bridgehead atoms. The molecule has 0 saturated carbocycles. The third-order valence-electron chi connectivity index (χ3n) is 4.10. The van der Waals surface area contributed by atoms with Crippen molar-refractivity contribution >= 4 is 23.0 Å². The van der Waals surface area contributed by atoms with Gasteiger partial charge in [-0.1, -0.05) is 12.1 Å². The summed E-state index contributed by atoms with van der Waals surface area (Å²) in [6.45, 7) is 5.54. The van der Waals surface area contributed by atoms with Crippen LogP contribution in [-0.2, 0) is 12.8 Å². The minimum Gasteiger partial charge on any atom is -0.491 e. The molecule has 0 fully saturated rings. The molecule has 152 valence electrons. The van der Waals surface area contributed by atoms with Crippen LogP contribution in [0.15, 0.2) is 71.2 Å². The van der Waals surface area contributed by atoms with E-state index in [1.165, 1.54) is 4.88 Å². The first-order valence-electron chi connectivity index (χ1n) is 9.93. The number of nitrogens with zero attached hydrogens (tertiary/aromatic N) is 2. The fraction of sp³-hybridized carbons (Fsp3) is 0.304. The number of guanidine groups is 1. The van der Waals surface area contributed by atoms with E-state index in [-0.39, 0.29) is 6.10 Å². The van der Waals surface area contributed by atoms with Crippen molar-refractivity contribution in [2.24, 2.45) is 4.99 Å². The van der Waals surface area contributed by atoms with E-state index in [1.807, 2.05) is 62.5 Å². The molecule has 0 aliphatic rings. The van der Waals surface area contributed by atoms with E-state index in [2.05, 4.69) is 33.1 Å². The van der Waals surface area contributed by atoms with Gasteiger partial charge in [-0.25, -0.2) is 0 Å². The SMILES string of the molecule is CC(C)Oc1ccc(NC(=NCCc2cccs2)NCCc2ccccn2)cc1. The fourth-order valence-corrected chi connectivity index (χ4v) is 3.45. The number of ether oxygens (including phenoxy) is 1. The van der Waals surface area contributed by atoms with Crippen LogP contribution in [0.1, 0.15) is 24.4 Å². The Labute approximate surface area is 176 Å². The lowest BCUT2D eigenvalue weighted by atomic mass is 10.3. The Kier molecular flexibility index (Phi) is 8.07. The van der Waals surface area contributed by atoms with E-state index in [4.69, 9.17) is 9.73 Å². The minimum atomic E-state index is 0.163. The average molecular weight is 409 g/mol. The zero-order valence-corrected chi connectivity index (χ0v) is 17.8. The van der Waals surface area contributed by atoms with Gasteiger partial charge >= 0.3 is 0 Å². The highest BCUT2D eigenvalue weighted by Gasteiger charge is 2.03. The Balaban J connectivity index is 1.59. The summed E-state index contributed by atoms with van der Waals surface area (Å²) in [5.74, 6) is 1.64. The van der Waals surface area contributed by atoms with Gasteiger partial charge in [-0.2, -0.15) is 0 Å². The van der Waals surface area contributed by atoms with E-state index >= 15 is 0 Å². The van der Waals surface area contributed by atoms with Gasteiger partial charge in [0.2, 0.25) is 0 Å². The predicted octanol–water partition coefficient (Wildman–Crippen LogP) is 4.77. The van der Waals surface area contributed by atoms with Gasteiger partial charge in [-0.05, 0) is 61.7 Å². The second kappa shape index (κ2) is 11.2. The molecule has 0 aliphatic heterocycles. The van der Waals surface area contributed by atoms with Crippen LogP contribution >= 0.6 is 11.3 Å². The third-order valence-corrected chi connectivity index (χ3v) is 5.03. The first-order valence-corrected chi connectivity index (χ1v) is 10.8. The minimum absolute atomic E-state index is 0.163. The number of aliphatic imine (C=N–C) groups is 1. The summed E-state index contributed by atoms with van der Waals surface area (Å²) >= 11 is 1.77. The summed E-state index contributed by atoms with van der Waals surface area (Å²) < 4.78 is 5.71. The Morgan fingerprint density at radius 1 is 1.07 bits per heavy atom. The molecule has 6 heteroatoms. The van der Waals surface area contributed by atoms with Gasteiger partial charge in [0, 0.05) is 48.4 Å². The van der Waals surface area contributed by atoms with Gasteiger partial charge in [0.1, 0.15) is 5.75 Å². The van der Waals surface area contributed by atoms with Crippen LogP contribution < -0.4 is 15.4 Å². The third kappa shape index (κ3) is 7.58. The molecule has 3 rings (SSSR count). The molecular formula is C23H28N4OS. The van der Waals surface area contributed by atoms with E-state index in [9.17, 15) is 0 Å². The molecule has 0 saturated heterocycles. The molecule has 1 aromatic carbocycles. The van der Waals surface area contributed by atoms with Gasteiger partial charge in [0.15, 0.2) is 5.96 Å². The number of anilines is 1. The van der Waals surface area contributed by atoms with Crippen LogP contribution in [0.4, 0.5) is 5.69 Å². The highest BCUT2D eigenvalue weighted by Crippen LogP contribution is 2.17. The predicted molar refractivity (Wildman–Crippen MR) is 122 cm³/mol. The highest BCUT2D eigenvalue weighted by atomic mass is 32.1. The van der Waals surface area contributed by atoms with Crippen molar-refractivity contribution in [2.75, 3.05) is 18.4 Å². The number of pyridine rings is 1. The second-order valence-electron chi connectivity index (χ2n) is 6.87. The summed E-state index contributed by atoms with van der Waals surface area (Å²) in [7, 11) is 0. The molecule has 0 spiro atoms. The van der Waals surface area contributed by atoms with Crippen molar-refractivity contribution in [3.8, 4) is 5.75 Å². The van der Waals surface area contributed by atoms with Crippen molar-refractivity contribution in [1.82, 2.24) is 10.3 Å². The van der Waals surface area contributed by atoms with E-state index in [1.54, 1.807) is 11.3 Å². The van der Waals surface area contributed by atoms with E-state index in [0.29, 0.717) is 0 Å². The standard InChI is InChI=1S/C23H28N4OS/c1-18(2)28-21-10-8-20(9-11-21)27-23(26-16-13-22-7-5-17-29-22)25-15-12-19-6-3-4-14-24-19/h3-11,14,17-18H,12-13,15-16H2,1-2H3,(H2,25,26,27). The van der Waals surface area contributed by atoms with Gasteiger partial charge < -0.3 is 15.4 Å². The number of benzene rings is 1. The van der Waals surface area contributed by atoms with Crippen LogP contribution in [0.2, 0.25) is 0 Å². The van der Waals surface area contributed by atoms with Crippen molar-refractivity contribution in [2.45, 2.75) is 32.8 Å². The van der Waals surface area contributed by atoms with Crippen molar-refractivity contribution < 1.29 is 4.74 Å². The molecule has 2 N–H and O–H groups in total. The fourth-order valence-electron chi connectivity index (χ4n) is 2.75. The van der Waals surface area contributed by atoms with Gasteiger partial charge in [-0.15, -0.1) is 11.3 Å². The van der Waals surface area contributed by atoms with Crippen molar-refractivity contribution in [1.29, 1.82) is 0 Å². The van der Waals surface area contributed by atoms with E-state index in [0.717, 1.165) is 49.0 Å². The Morgan fingerprint density at radius 2 is 1.93 bits per heavy atom. The molecule has 2 aromatic heterocycles. The molecule has 29 heavy (non-hydrogen) atoms. The van der Waals surface area contributed by atoms with Crippen LogP contribution in [0.25, 0.3) is 0 Å². The molecule has 0 atom stereocenters. The summed E-state index contributed by atoms with van der Waals surface area (Å²) in [6.07, 6.45) is 3.76. The lowest BCUT2D eigenvalue weighted by Gasteiger charge is -2.14. The summed E-state index contributed by atoms with van der Waals surface area (Å²) in [4.78, 5) is 10.5. The molecule has 0 unspecified atom stereocenters. The van der Waals surface area contributed by atoms with Gasteiger partial charge in [-0.3, -0.25) is 9.98 Å². The summed E-state index contributed by atoms with van der Waals surface area (Å²) in [5, 5.41) is 8.91. The zero-order valence-electron chi connectivity index (χ0n) is 17.0. The van der Waals surface area contributed by atoms with Crippen molar-refractivity contribution in [3.63, 3.8) is 0 Å². The van der Waals surface area contributed by atoms with Crippen LogP contribution in [0, 0.1) is 0 Å². The number of hydrogen-bond acceptors (Lipinski definition) is 4. The van der Waals surface area contributed by atoms with Crippen molar-refractivity contribution in [3.05, 3.63) is 76.7 Å². The first-order chi connectivity index (χ1) is 14.2. The monoisotopic (exact) mass is 408 g/mol. The summed E-state index contributed by atoms with van der Waals surface area (Å²) in [6, 6.07) is 18.2. The molecule has 0 radical (unpaired) electrons. The van der Waals surface area contributed by atoms with Crippen LogP contribution in [0.3, 0.4) is 0 Å². The summed E-state index contributed by atoms with van der Waals surface area (Å²) in [5.41, 5.74) is 2.04. The smallest absolute Gasteiger partial charge is 0.195 e. The van der Waals surface area contributed by atoms with Gasteiger partial charge in [0.05, 0.1) is 6.10 Å². The Hall–Kier alpha value is -2.86. The zero-order chi connectivity index (χ0) is 20.3. The number of thiophene rings is 1. The largest absolute Gasteiger partial charge is 0.491 e. The number of rotatable bonds is 9. The Morgan fingerprint density at radius 3 is 2.62 bits per heavy atom. The maximum absolute atomic E-state index is 5.71. The molecule has 2 heterocycles. The molecule has 0 aliphatic carbocycles. The lowest BCUT2D eigenvalue weighted by Crippen LogP contribution is -2.33. The number of hydrogen-bond donors (Lipinski definition) is 2. The molecular weight excluding hydrogens is 380 g/mol. The number of nitrogens with one attached hydrogen (secondary N) is 2. The van der Waals surface area contributed by atoms with Crippen LogP contribution in [-0.4, -0.2) is 30.1 Å². The van der Waals surface area contributed by atoms with Crippen LogP contribution in [0.5, 0.6) is 5.75 Å². The normalized spacial score (nSPS) is 11.5.